The van der Waals surface area contributed by atoms with Gasteiger partial charge in [-0.25, -0.2) is 4.39 Å². The average Bonchev–Trinajstić information content (AvgIpc) is 3.03. The van der Waals surface area contributed by atoms with Crippen LogP contribution in [0.5, 0.6) is 0 Å². The van der Waals surface area contributed by atoms with Gasteiger partial charge in [-0.1, -0.05) is 18.2 Å². The van der Waals surface area contributed by atoms with Crippen molar-refractivity contribution in [1.29, 1.82) is 0 Å². The van der Waals surface area contributed by atoms with E-state index >= 15 is 0 Å². The molecule has 2 atom stereocenters. The number of nitrogens with zero attached hydrogens (tertiary/aromatic N) is 2. The second-order valence-electron chi connectivity index (χ2n) is 8.40. The van der Waals surface area contributed by atoms with Crippen LogP contribution in [0.15, 0.2) is 24.3 Å². The standard InChI is InChI=1S/C22H33FN4O2/c1-16(28)24-14-20-8-7-19(26(20)2)13-22(29)25-18-9-11-27(12-10-18)15-17-5-3-4-6-21(17)23/h3-6,18-20H,7-15H2,1-2H3,(H,24,28)(H,25,29)/t19-,20+/m0/s1. The highest BCUT2D eigenvalue weighted by Crippen LogP contribution is 2.24. The molecule has 2 fully saturated rings. The van der Waals surface area contributed by atoms with Gasteiger partial charge in [-0.3, -0.25) is 19.4 Å². The molecule has 0 saturated carbocycles. The van der Waals surface area contributed by atoms with Gasteiger partial charge in [0, 0.05) is 63.2 Å². The number of hydrogen-bond donors (Lipinski definition) is 2. The number of benzene rings is 1. The van der Waals surface area contributed by atoms with Crippen LogP contribution < -0.4 is 10.6 Å². The number of piperidine rings is 1. The summed E-state index contributed by atoms with van der Waals surface area (Å²) in [4.78, 5) is 28.1. The minimum Gasteiger partial charge on any atom is -0.355 e. The molecule has 2 heterocycles. The van der Waals surface area contributed by atoms with Gasteiger partial charge in [-0.2, -0.15) is 0 Å². The lowest BCUT2D eigenvalue weighted by Gasteiger charge is -2.33. The van der Waals surface area contributed by atoms with E-state index in [9.17, 15) is 14.0 Å². The van der Waals surface area contributed by atoms with Crippen LogP contribution in [0.1, 0.15) is 44.6 Å². The number of likely N-dealkylation sites (N-methyl/N-ethyl adjacent to an activating group) is 1. The molecule has 0 aliphatic carbocycles. The zero-order valence-corrected chi connectivity index (χ0v) is 17.5. The first-order valence-corrected chi connectivity index (χ1v) is 10.6. The van der Waals surface area contributed by atoms with Crippen LogP contribution in [-0.4, -0.2) is 66.4 Å². The number of carbonyl (C=O) groups is 2. The van der Waals surface area contributed by atoms with Crippen LogP contribution in [0, 0.1) is 5.82 Å². The quantitative estimate of drug-likeness (QED) is 0.729. The van der Waals surface area contributed by atoms with Crippen molar-refractivity contribution in [2.24, 2.45) is 0 Å². The fourth-order valence-corrected chi connectivity index (χ4v) is 4.45. The molecule has 2 aliphatic heterocycles. The summed E-state index contributed by atoms with van der Waals surface area (Å²) in [6, 6.07) is 7.65. The second-order valence-corrected chi connectivity index (χ2v) is 8.40. The molecule has 0 unspecified atom stereocenters. The van der Waals surface area contributed by atoms with Gasteiger partial charge in [0.05, 0.1) is 0 Å². The molecule has 3 rings (SSSR count). The Bertz CT molecular complexity index is 706. The first kappa shape index (κ1) is 21.7. The summed E-state index contributed by atoms with van der Waals surface area (Å²) < 4.78 is 13.8. The molecule has 2 aliphatic rings. The Hall–Kier alpha value is -1.99. The molecule has 2 N–H and O–H groups in total. The summed E-state index contributed by atoms with van der Waals surface area (Å²) in [5.41, 5.74) is 0.730. The highest BCUT2D eigenvalue weighted by Gasteiger charge is 2.32. The lowest BCUT2D eigenvalue weighted by atomic mass is 10.0. The van der Waals surface area contributed by atoms with Gasteiger partial charge in [0.15, 0.2) is 0 Å². The van der Waals surface area contributed by atoms with E-state index in [4.69, 9.17) is 0 Å². The molecule has 7 heteroatoms. The van der Waals surface area contributed by atoms with Crippen molar-refractivity contribution in [3.8, 4) is 0 Å². The Kier molecular flexibility index (Phi) is 7.61. The monoisotopic (exact) mass is 404 g/mol. The molecular weight excluding hydrogens is 371 g/mol. The van der Waals surface area contributed by atoms with Gasteiger partial charge in [0.1, 0.15) is 5.82 Å². The molecule has 0 spiro atoms. The second kappa shape index (κ2) is 10.2. The molecule has 160 valence electrons. The van der Waals surface area contributed by atoms with Crippen LogP contribution in [0.25, 0.3) is 0 Å². The number of amides is 2. The smallest absolute Gasteiger partial charge is 0.221 e. The zero-order valence-electron chi connectivity index (χ0n) is 17.5. The van der Waals surface area contributed by atoms with Gasteiger partial charge in [0.2, 0.25) is 11.8 Å². The van der Waals surface area contributed by atoms with E-state index in [1.54, 1.807) is 6.07 Å². The summed E-state index contributed by atoms with van der Waals surface area (Å²) in [6.07, 6.45) is 4.28. The maximum Gasteiger partial charge on any atom is 0.221 e. The van der Waals surface area contributed by atoms with E-state index in [-0.39, 0.29) is 29.7 Å². The normalized spacial score (nSPS) is 23.8. The summed E-state index contributed by atoms with van der Waals surface area (Å²) in [7, 11) is 2.04. The maximum atomic E-state index is 13.8. The minimum absolute atomic E-state index is 0.0130. The lowest BCUT2D eigenvalue weighted by molar-refractivity contribution is -0.123. The predicted molar refractivity (Wildman–Crippen MR) is 111 cm³/mol. The zero-order chi connectivity index (χ0) is 20.8. The van der Waals surface area contributed by atoms with E-state index < -0.39 is 0 Å². The molecule has 6 nitrogen and oxygen atoms in total. The number of rotatable bonds is 7. The van der Waals surface area contributed by atoms with E-state index in [2.05, 4.69) is 20.4 Å². The highest BCUT2D eigenvalue weighted by molar-refractivity contribution is 5.77. The number of hydrogen-bond acceptors (Lipinski definition) is 4. The maximum absolute atomic E-state index is 13.8. The van der Waals surface area contributed by atoms with Crippen molar-refractivity contribution < 1.29 is 14.0 Å². The lowest BCUT2D eigenvalue weighted by Crippen LogP contribution is -2.46. The van der Waals surface area contributed by atoms with Crippen LogP contribution in [-0.2, 0) is 16.1 Å². The Morgan fingerprint density at radius 1 is 1.10 bits per heavy atom. The molecule has 29 heavy (non-hydrogen) atoms. The number of nitrogens with one attached hydrogen (secondary N) is 2. The topological polar surface area (TPSA) is 64.7 Å². The molecule has 1 aromatic rings. The summed E-state index contributed by atoms with van der Waals surface area (Å²) in [5.74, 6) is -0.0593. The third-order valence-electron chi connectivity index (χ3n) is 6.30. The van der Waals surface area contributed by atoms with Crippen molar-refractivity contribution >= 4 is 11.8 Å². The Balaban J connectivity index is 1.38. The molecule has 2 amide bonds. The number of halogens is 1. The van der Waals surface area contributed by atoms with E-state index in [1.807, 2.05) is 19.2 Å². The van der Waals surface area contributed by atoms with Gasteiger partial charge in [0.25, 0.3) is 0 Å². The Morgan fingerprint density at radius 3 is 2.48 bits per heavy atom. The van der Waals surface area contributed by atoms with Gasteiger partial charge in [-0.15, -0.1) is 0 Å². The predicted octanol–water partition coefficient (Wildman–Crippen LogP) is 1.90. The van der Waals surface area contributed by atoms with E-state index in [0.717, 1.165) is 44.3 Å². The Labute approximate surface area is 172 Å². The van der Waals surface area contributed by atoms with Gasteiger partial charge in [-0.05, 0) is 38.8 Å². The SMILES string of the molecule is CC(=O)NC[C@H]1CC[C@@H](CC(=O)NC2CCN(Cc3ccccc3F)CC2)N1C. The van der Waals surface area contributed by atoms with Gasteiger partial charge < -0.3 is 10.6 Å². The summed E-state index contributed by atoms with van der Waals surface area (Å²) >= 11 is 0. The van der Waals surface area contributed by atoms with Crippen molar-refractivity contribution in [3.63, 3.8) is 0 Å². The van der Waals surface area contributed by atoms with E-state index in [0.29, 0.717) is 25.6 Å². The van der Waals surface area contributed by atoms with E-state index in [1.165, 1.54) is 13.0 Å². The largest absolute Gasteiger partial charge is 0.355 e. The van der Waals surface area contributed by atoms with Crippen LogP contribution in [0.2, 0.25) is 0 Å². The molecule has 0 aromatic heterocycles. The van der Waals surface area contributed by atoms with Crippen molar-refractivity contribution in [2.45, 2.75) is 63.7 Å². The minimum atomic E-state index is -0.152. The van der Waals surface area contributed by atoms with Crippen molar-refractivity contribution in [2.75, 3.05) is 26.7 Å². The fourth-order valence-electron chi connectivity index (χ4n) is 4.45. The first-order valence-electron chi connectivity index (χ1n) is 10.6. The fraction of sp³-hybridized carbons (Fsp3) is 0.636. The Morgan fingerprint density at radius 2 is 1.79 bits per heavy atom. The van der Waals surface area contributed by atoms with Crippen LogP contribution in [0.3, 0.4) is 0 Å². The highest BCUT2D eigenvalue weighted by atomic mass is 19.1. The van der Waals surface area contributed by atoms with Crippen LogP contribution in [0.4, 0.5) is 4.39 Å². The molecule has 1 aromatic carbocycles. The molecule has 0 radical (unpaired) electrons. The van der Waals surface area contributed by atoms with Crippen LogP contribution >= 0.6 is 0 Å². The summed E-state index contributed by atoms with van der Waals surface area (Å²) in [5, 5.41) is 6.06. The third-order valence-corrected chi connectivity index (χ3v) is 6.30. The van der Waals surface area contributed by atoms with Gasteiger partial charge >= 0.3 is 0 Å². The van der Waals surface area contributed by atoms with Crippen molar-refractivity contribution in [3.05, 3.63) is 35.6 Å². The van der Waals surface area contributed by atoms with Crippen molar-refractivity contribution in [1.82, 2.24) is 20.4 Å². The molecule has 0 bridgehead atoms. The first-order chi connectivity index (χ1) is 13.9. The average molecular weight is 405 g/mol. The molecule has 2 saturated heterocycles. The molecular formula is C22H33FN4O2. The third kappa shape index (κ3) is 6.24. The number of likely N-dealkylation sites (tertiary alicyclic amines) is 2. The summed E-state index contributed by atoms with van der Waals surface area (Å²) in [6.45, 7) is 4.52. The number of carbonyl (C=O) groups excluding carboxylic acids is 2.